The van der Waals surface area contributed by atoms with Crippen molar-refractivity contribution >= 4 is 17.6 Å². The number of hydrogen-bond acceptors (Lipinski definition) is 5. The van der Waals surface area contributed by atoms with Gasteiger partial charge in [-0.1, -0.05) is 5.16 Å². The molecule has 0 bridgehead atoms. The lowest BCUT2D eigenvalue weighted by Gasteiger charge is -2.16. The number of carbonyl (C=O) groups is 2. The van der Waals surface area contributed by atoms with Crippen molar-refractivity contribution in [2.45, 2.75) is 19.4 Å². The first-order valence-corrected chi connectivity index (χ1v) is 4.64. The molecule has 1 amide bonds. The summed E-state index contributed by atoms with van der Waals surface area (Å²) < 4.78 is 4.88. The van der Waals surface area contributed by atoms with Crippen LogP contribution >= 0.6 is 0 Å². The van der Waals surface area contributed by atoms with Crippen LogP contribution in [0.3, 0.4) is 0 Å². The molecule has 1 heterocycles. The molecule has 1 aromatic rings. The molecule has 0 saturated heterocycles. The van der Waals surface area contributed by atoms with Crippen molar-refractivity contribution in [3.8, 4) is 0 Å². The highest BCUT2D eigenvalue weighted by Crippen LogP contribution is 2.11. The van der Waals surface area contributed by atoms with Gasteiger partial charge in [0.2, 0.25) is 11.3 Å². The van der Waals surface area contributed by atoms with Crippen molar-refractivity contribution in [3.63, 3.8) is 0 Å². The summed E-state index contributed by atoms with van der Waals surface area (Å²) in [5.41, 5.74) is 4.99. The van der Waals surface area contributed by atoms with Gasteiger partial charge in [0.15, 0.2) is 5.76 Å². The third-order valence-corrected chi connectivity index (χ3v) is 1.85. The molecule has 1 rings (SSSR count). The fourth-order valence-corrected chi connectivity index (χ4v) is 0.810. The van der Waals surface area contributed by atoms with Gasteiger partial charge in [0.1, 0.15) is 0 Å². The third kappa shape index (κ3) is 3.07. The van der Waals surface area contributed by atoms with Crippen LogP contribution < -0.4 is 5.73 Å². The standard InChI is InChI=1S/C10H11N2O5/c1-10(2,9(14)15)17-12-7(8(11)13)6-4-3-5-16-6/h3-5,11H,1-2H3,(H,14,15). The molecule has 0 aliphatic heterocycles. The van der Waals surface area contributed by atoms with Crippen LogP contribution in [0.2, 0.25) is 0 Å². The van der Waals surface area contributed by atoms with E-state index in [1.54, 1.807) is 0 Å². The molecule has 0 aliphatic rings. The Morgan fingerprint density at radius 3 is 2.59 bits per heavy atom. The van der Waals surface area contributed by atoms with E-state index in [-0.39, 0.29) is 11.5 Å². The maximum absolute atomic E-state index is 11.0. The zero-order valence-electron chi connectivity index (χ0n) is 9.26. The van der Waals surface area contributed by atoms with Gasteiger partial charge in [-0.05, 0) is 26.0 Å². The summed E-state index contributed by atoms with van der Waals surface area (Å²) in [7, 11) is 0. The lowest BCUT2D eigenvalue weighted by molar-refractivity contribution is -0.161. The smallest absolute Gasteiger partial charge is 0.350 e. The predicted molar refractivity (Wildman–Crippen MR) is 56.1 cm³/mol. The Balaban J connectivity index is 2.94. The first kappa shape index (κ1) is 12.8. The highest BCUT2D eigenvalue weighted by atomic mass is 16.7. The number of oxime groups is 1. The van der Waals surface area contributed by atoms with Crippen molar-refractivity contribution in [1.29, 1.82) is 0 Å². The predicted octanol–water partition coefficient (Wildman–Crippen LogP) is 0.673. The number of amides is 1. The Bertz CT molecular complexity index is 447. The van der Waals surface area contributed by atoms with Crippen molar-refractivity contribution in [2.24, 2.45) is 5.16 Å². The molecule has 0 unspecified atom stereocenters. The summed E-state index contributed by atoms with van der Waals surface area (Å²) >= 11 is 0. The molecule has 0 atom stereocenters. The third-order valence-electron chi connectivity index (χ3n) is 1.85. The van der Waals surface area contributed by atoms with Crippen LogP contribution in [0.1, 0.15) is 19.6 Å². The van der Waals surface area contributed by atoms with E-state index in [1.807, 2.05) is 0 Å². The van der Waals surface area contributed by atoms with Gasteiger partial charge < -0.3 is 14.4 Å². The van der Waals surface area contributed by atoms with Gasteiger partial charge in [0, 0.05) is 0 Å². The number of hydrogen-bond donors (Lipinski definition) is 1. The molecule has 91 valence electrons. The second kappa shape index (κ2) is 4.69. The van der Waals surface area contributed by atoms with Crippen LogP contribution in [-0.2, 0) is 14.4 Å². The van der Waals surface area contributed by atoms with Crippen LogP contribution in [-0.4, -0.2) is 28.3 Å². The van der Waals surface area contributed by atoms with Crippen molar-refractivity contribution < 1.29 is 24.0 Å². The van der Waals surface area contributed by atoms with Gasteiger partial charge in [0.05, 0.1) is 6.26 Å². The molecular weight excluding hydrogens is 228 g/mol. The van der Waals surface area contributed by atoms with E-state index in [2.05, 4.69) is 5.16 Å². The Kier molecular flexibility index (Phi) is 3.52. The van der Waals surface area contributed by atoms with Gasteiger partial charge in [-0.2, -0.15) is 0 Å². The molecule has 17 heavy (non-hydrogen) atoms. The Hall–Kier alpha value is -2.31. The summed E-state index contributed by atoms with van der Waals surface area (Å²) in [5.74, 6) is -2.31. The number of nitrogens with one attached hydrogen (secondary N) is 1. The summed E-state index contributed by atoms with van der Waals surface area (Å²) in [5, 5.41) is 12.1. The molecule has 0 aliphatic carbocycles. The molecule has 1 aromatic heterocycles. The molecule has 2 N–H and O–H groups in total. The first-order valence-electron chi connectivity index (χ1n) is 4.64. The van der Waals surface area contributed by atoms with E-state index in [0.29, 0.717) is 0 Å². The Morgan fingerprint density at radius 1 is 1.53 bits per heavy atom. The van der Waals surface area contributed by atoms with Crippen molar-refractivity contribution in [2.75, 3.05) is 0 Å². The van der Waals surface area contributed by atoms with Gasteiger partial charge >= 0.3 is 5.97 Å². The number of aliphatic carboxylic acids is 1. The van der Waals surface area contributed by atoms with E-state index in [0.717, 1.165) is 0 Å². The van der Waals surface area contributed by atoms with Crippen molar-refractivity contribution in [3.05, 3.63) is 24.2 Å². The van der Waals surface area contributed by atoms with E-state index in [9.17, 15) is 9.59 Å². The SMILES string of the molecule is CC(C)(ON=C(C([NH])=O)c1ccco1)C(=O)O. The van der Waals surface area contributed by atoms with Crippen LogP contribution in [0.25, 0.3) is 0 Å². The second-order valence-corrected chi connectivity index (χ2v) is 3.65. The molecule has 0 spiro atoms. The monoisotopic (exact) mass is 239 g/mol. The summed E-state index contributed by atoms with van der Waals surface area (Å²) in [6.45, 7) is 2.54. The summed E-state index contributed by atoms with van der Waals surface area (Å²) in [6.07, 6.45) is 1.30. The first-order chi connectivity index (χ1) is 7.84. The minimum absolute atomic E-state index is 0.0474. The molecule has 0 saturated carbocycles. The highest BCUT2D eigenvalue weighted by molar-refractivity contribution is 6.43. The van der Waals surface area contributed by atoms with E-state index in [4.69, 9.17) is 20.1 Å². The number of furan rings is 1. The lowest BCUT2D eigenvalue weighted by atomic mass is 10.1. The van der Waals surface area contributed by atoms with Crippen LogP contribution in [0, 0.1) is 0 Å². The lowest BCUT2D eigenvalue weighted by Crippen LogP contribution is -2.33. The summed E-state index contributed by atoms with van der Waals surface area (Å²) in [4.78, 5) is 26.4. The zero-order chi connectivity index (χ0) is 13.1. The van der Waals surface area contributed by atoms with Gasteiger partial charge in [-0.3, -0.25) is 10.5 Å². The second-order valence-electron chi connectivity index (χ2n) is 3.65. The molecule has 0 aromatic carbocycles. The maximum Gasteiger partial charge on any atom is 0.350 e. The molecule has 0 fully saturated rings. The molecule has 7 heteroatoms. The average molecular weight is 239 g/mol. The maximum atomic E-state index is 11.0. The summed E-state index contributed by atoms with van der Waals surface area (Å²) in [6, 6.07) is 2.93. The number of rotatable bonds is 5. The van der Waals surface area contributed by atoms with Crippen LogP contribution in [0.15, 0.2) is 28.0 Å². The number of nitrogens with zero attached hydrogens (tertiary/aromatic N) is 1. The van der Waals surface area contributed by atoms with E-state index < -0.39 is 17.5 Å². The minimum atomic E-state index is -1.59. The molecule has 7 nitrogen and oxygen atoms in total. The Morgan fingerprint density at radius 2 is 2.18 bits per heavy atom. The quantitative estimate of drug-likeness (QED) is 0.599. The minimum Gasteiger partial charge on any atom is -0.478 e. The topological polar surface area (TPSA) is 113 Å². The van der Waals surface area contributed by atoms with Gasteiger partial charge in [-0.25, -0.2) is 4.79 Å². The number of carboxylic acids is 1. The van der Waals surface area contributed by atoms with E-state index >= 15 is 0 Å². The zero-order valence-corrected chi connectivity index (χ0v) is 9.26. The van der Waals surface area contributed by atoms with E-state index in [1.165, 1.54) is 32.2 Å². The number of carbonyl (C=O) groups excluding carboxylic acids is 1. The van der Waals surface area contributed by atoms with Crippen molar-refractivity contribution in [1.82, 2.24) is 5.73 Å². The van der Waals surface area contributed by atoms with Gasteiger partial charge in [-0.15, -0.1) is 0 Å². The molecular formula is C10H11N2O5. The average Bonchev–Trinajstić information content (AvgIpc) is 2.70. The van der Waals surface area contributed by atoms with Crippen LogP contribution in [0.5, 0.6) is 0 Å². The fourth-order valence-electron chi connectivity index (χ4n) is 0.810. The van der Waals surface area contributed by atoms with Gasteiger partial charge in [0.25, 0.3) is 5.91 Å². The Labute approximate surface area is 96.8 Å². The highest BCUT2D eigenvalue weighted by Gasteiger charge is 2.30. The largest absolute Gasteiger partial charge is 0.478 e. The fraction of sp³-hybridized carbons (Fsp3) is 0.300. The number of carboxylic acid groups (broad SMARTS) is 1. The normalized spacial score (nSPS) is 12.2. The van der Waals surface area contributed by atoms with Crippen LogP contribution in [0.4, 0.5) is 0 Å². The molecule has 1 radical (unpaired) electrons.